The lowest BCUT2D eigenvalue weighted by molar-refractivity contribution is 0.592. The van der Waals surface area contributed by atoms with Crippen molar-refractivity contribution in [2.45, 2.75) is 0 Å². The van der Waals surface area contributed by atoms with Crippen molar-refractivity contribution in [2.24, 2.45) is 0 Å². The summed E-state index contributed by atoms with van der Waals surface area (Å²) in [5.74, 6) is 0. The molecule has 0 atom stereocenters. The highest BCUT2D eigenvalue weighted by Gasteiger charge is 2.32. The van der Waals surface area contributed by atoms with Gasteiger partial charge in [0.2, 0.25) is 0 Å². The second-order valence-electron chi connectivity index (χ2n) is 13.9. The van der Waals surface area contributed by atoms with E-state index in [0.717, 1.165) is 86.9 Å². The maximum Gasteiger partial charge on any atom is 0.171 e. The van der Waals surface area contributed by atoms with Crippen LogP contribution in [0.4, 0.5) is 0 Å². The third-order valence-electron chi connectivity index (χ3n) is 11.0. The zero-order valence-corrected chi connectivity index (χ0v) is 29.5. The number of imidazole rings is 1. The fraction of sp³-hybridized carbons (Fsp3) is 0. The van der Waals surface area contributed by atoms with E-state index in [2.05, 4.69) is 162 Å². The minimum Gasteiger partial charge on any atom is -0.309 e. The lowest BCUT2D eigenvalue weighted by Crippen LogP contribution is -2.26. The summed E-state index contributed by atoms with van der Waals surface area (Å²) in [7, 11) is -3.37. The molecule has 0 aliphatic rings. The van der Waals surface area contributed by atoms with Gasteiger partial charge in [-0.2, -0.15) is 0 Å². The van der Waals surface area contributed by atoms with E-state index in [0.29, 0.717) is 0 Å². The monoisotopic (exact) mass is 694 g/mol. The molecule has 2 aromatic heterocycles. The zero-order chi connectivity index (χ0) is 35.1. The molecule has 53 heavy (non-hydrogen) atoms. The van der Waals surface area contributed by atoms with Crippen LogP contribution in [0.25, 0.3) is 81.8 Å². The summed E-state index contributed by atoms with van der Waals surface area (Å²) >= 11 is 0. The van der Waals surface area contributed by atoms with Crippen LogP contribution < -0.4 is 15.9 Å². The van der Waals surface area contributed by atoms with Crippen molar-refractivity contribution in [3.8, 4) is 11.1 Å². The van der Waals surface area contributed by atoms with Gasteiger partial charge in [-0.05, 0) is 91.3 Å². The second-order valence-corrected chi connectivity index (χ2v) is 16.6. The first-order chi connectivity index (χ1) is 26.1. The van der Waals surface area contributed by atoms with Gasteiger partial charge in [0.15, 0.2) is 7.14 Å². The van der Waals surface area contributed by atoms with Crippen LogP contribution in [-0.4, -0.2) is 9.38 Å². The van der Waals surface area contributed by atoms with Crippen LogP contribution in [0.2, 0.25) is 0 Å². The summed E-state index contributed by atoms with van der Waals surface area (Å²) < 4.78 is 18.6. The molecule has 3 nitrogen and oxygen atoms in total. The molecule has 2 heterocycles. The second kappa shape index (κ2) is 11.5. The van der Waals surface area contributed by atoms with Crippen molar-refractivity contribution in [1.82, 2.24) is 9.38 Å². The number of nitrogens with zero attached hydrogens (tertiary/aromatic N) is 2. The molecule has 0 aliphatic heterocycles. The van der Waals surface area contributed by atoms with Crippen LogP contribution in [0, 0.1) is 0 Å². The Morgan fingerprint density at radius 3 is 1.72 bits per heavy atom. The Hall–Kier alpha value is -6.54. The van der Waals surface area contributed by atoms with Crippen LogP contribution in [0.3, 0.4) is 0 Å². The van der Waals surface area contributed by atoms with Crippen molar-refractivity contribution in [3.05, 3.63) is 188 Å². The molecule has 0 N–H and O–H groups in total. The van der Waals surface area contributed by atoms with Gasteiger partial charge in [-0.15, -0.1) is 0 Å². The maximum atomic E-state index is 16.3. The van der Waals surface area contributed by atoms with Gasteiger partial charge in [-0.25, -0.2) is 4.98 Å². The van der Waals surface area contributed by atoms with Gasteiger partial charge in [0, 0.05) is 26.7 Å². The Balaban J connectivity index is 1.17. The van der Waals surface area contributed by atoms with Gasteiger partial charge >= 0.3 is 0 Å². The van der Waals surface area contributed by atoms with E-state index in [9.17, 15) is 0 Å². The average Bonchev–Trinajstić information content (AvgIpc) is 3.63. The molecule has 11 aromatic rings. The lowest BCUT2D eigenvalue weighted by Gasteiger charge is -2.23. The van der Waals surface area contributed by atoms with Gasteiger partial charge in [0.05, 0.1) is 16.6 Å². The van der Waals surface area contributed by atoms with Gasteiger partial charge in [0.1, 0.15) is 5.65 Å². The Bertz CT molecular complexity index is 3260. The molecule has 0 saturated carbocycles. The number of fused-ring (bicyclic) bond motifs is 11. The fourth-order valence-electron chi connectivity index (χ4n) is 8.46. The average molecular weight is 695 g/mol. The van der Waals surface area contributed by atoms with Crippen LogP contribution in [0.15, 0.2) is 188 Å². The van der Waals surface area contributed by atoms with E-state index in [1.54, 1.807) is 0 Å². The number of rotatable bonds is 4. The normalized spacial score (nSPS) is 12.2. The lowest BCUT2D eigenvalue weighted by atomic mass is 9.95. The minimum atomic E-state index is -3.37. The highest BCUT2D eigenvalue weighted by Crippen LogP contribution is 2.47. The molecule has 0 fully saturated rings. The molecule has 0 bridgehead atoms. The minimum absolute atomic E-state index is 0.829. The van der Waals surface area contributed by atoms with E-state index in [-0.39, 0.29) is 0 Å². The van der Waals surface area contributed by atoms with Crippen molar-refractivity contribution >= 4 is 93.7 Å². The van der Waals surface area contributed by atoms with E-state index < -0.39 is 7.14 Å². The maximum absolute atomic E-state index is 16.3. The number of aromatic nitrogens is 2. The summed E-state index contributed by atoms with van der Waals surface area (Å²) in [6, 6.07) is 65.6. The van der Waals surface area contributed by atoms with Crippen LogP contribution in [0.5, 0.6) is 0 Å². The Kier molecular flexibility index (Phi) is 6.53. The Morgan fingerprint density at radius 1 is 0.415 bits per heavy atom. The number of pyridine rings is 1. The topological polar surface area (TPSA) is 34.4 Å². The largest absolute Gasteiger partial charge is 0.309 e. The Labute approximate surface area is 305 Å². The van der Waals surface area contributed by atoms with Crippen LogP contribution in [-0.2, 0) is 4.57 Å². The molecule has 4 heteroatoms. The molecule has 0 amide bonds. The molecule has 0 spiro atoms. The highest BCUT2D eigenvalue weighted by atomic mass is 31.2. The van der Waals surface area contributed by atoms with Crippen LogP contribution in [0.1, 0.15) is 0 Å². The smallest absolute Gasteiger partial charge is 0.171 e. The first-order valence-corrected chi connectivity index (χ1v) is 19.7. The fourth-order valence-corrected chi connectivity index (χ4v) is 11.3. The molecule has 0 unspecified atom stereocenters. The molecular formula is C49H31N2OP. The van der Waals surface area contributed by atoms with Gasteiger partial charge < -0.3 is 4.57 Å². The SMILES string of the molecule is O=P(c1ccc2ccccc2c1)(c1ccc2ccccc2c1)c1ccc(-c2ccc3c4ccccc4n4c5ccccc5nc4c3c2)c2ccccc12. The van der Waals surface area contributed by atoms with Crippen molar-refractivity contribution in [3.63, 3.8) is 0 Å². The quantitative estimate of drug-likeness (QED) is 0.136. The standard InChI is InChI=1S/C49H31N2OP/c52-53(37-24-21-32-11-1-3-13-34(32)29-37,38-25-22-33-12-2-4-14-35(33)30-38)48-28-27-39(40-15-5-6-17-43(40)48)36-23-26-41-42-16-7-9-19-46(42)51-47-20-10-8-18-45(47)50-49(51)44(41)31-36/h1-31H. The predicted octanol–water partition coefficient (Wildman–Crippen LogP) is 11.6. The number of hydrogen-bond acceptors (Lipinski definition) is 2. The van der Waals surface area contributed by atoms with Gasteiger partial charge in [-0.1, -0.05) is 146 Å². The molecule has 248 valence electrons. The van der Waals surface area contributed by atoms with E-state index >= 15 is 4.57 Å². The first kappa shape index (κ1) is 30.1. The number of benzene rings is 9. The predicted molar refractivity (Wildman–Crippen MR) is 225 cm³/mol. The summed E-state index contributed by atoms with van der Waals surface area (Å²) in [6.45, 7) is 0. The zero-order valence-electron chi connectivity index (χ0n) is 28.6. The van der Waals surface area contributed by atoms with Crippen molar-refractivity contribution < 1.29 is 4.57 Å². The third kappa shape index (κ3) is 4.48. The van der Waals surface area contributed by atoms with Crippen LogP contribution >= 0.6 is 7.14 Å². The Morgan fingerprint density at radius 2 is 1.00 bits per heavy atom. The molecule has 0 radical (unpaired) electrons. The van der Waals surface area contributed by atoms with Crippen molar-refractivity contribution in [1.29, 1.82) is 0 Å². The summed E-state index contributed by atoms with van der Waals surface area (Å²) in [5.41, 5.74) is 6.35. The van der Waals surface area contributed by atoms with Gasteiger partial charge in [-0.3, -0.25) is 4.40 Å². The highest BCUT2D eigenvalue weighted by molar-refractivity contribution is 7.85. The number of hydrogen-bond donors (Lipinski definition) is 0. The molecule has 0 aliphatic carbocycles. The molecule has 0 saturated heterocycles. The summed E-state index contributed by atoms with van der Waals surface area (Å²) in [6.07, 6.45) is 0. The molecular weight excluding hydrogens is 664 g/mol. The molecule has 9 aromatic carbocycles. The summed E-state index contributed by atoms with van der Waals surface area (Å²) in [5, 5.41) is 12.4. The summed E-state index contributed by atoms with van der Waals surface area (Å²) in [4.78, 5) is 5.17. The van der Waals surface area contributed by atoms with E-state index in [4.69, 9.17) is 4.98 Å². The number of para-hydroxylation sites is 3. The van der Waals surface area contributed by atoms with Gasteiger partial charge in [0.25, 0.3) is 0 Å². The third-order valence-corrected chi connectivity index (χ3v) is 14.1. The molecule has 11 rings (SSSR count). The van der Waals surface area contributed by atoms with E-state index in [1.165, 1.54) is 10.8 Å². The van der Waals surface area contributed by atoms with E-state index in [1.807, 2.05) is 30.3 Å². The van der Waals surface area contributed by atoms with Crippen molar-refractivity contribution in [2.75, 3.05) is 0 Å². The first-order valence-electron chi connectivity index (χ1n) is 18.0.